The molecule has 2 rings (SSSR count). The SMILES string of the molecule is COc1ccc(C(O)S(=O)(=O)[O-])c2ccccc12.[Na+]. The number of rotatable bonds is 3. The van der Waals surface area contributed by atoms with Gasteiger partial charge < -0.3 is 14.4 Å². The van der Waals surface area contributed by atoms with Crippen LogP contribution in [0.2, 0.25) is 0 Å². The van der Waals surface area contributed by atoms with Gasteiger partial charge in [-0.05, 0) is 11.5 Å². The van der Waals surface area contributed by atoms with Crippen molar-refractivity contribution in [2.75, 3.05) is 7.11 Å². The van der Waals surface area contributed by atoms with Gasteiger partial charge in [-0.3, -0.25) is 0 Å². The van der Waals surface area contributed by atoms with Crippen LogP contribution in [-0.2, 0) is 10.1 Å². The number of aliphatic hydroxyl groups is 1. The molecular weight excluding hydrogens is 279 g/mol. The zero-order valence-electron chi connectivity index (χ0n) is 10.5. The van der Waals surface area contributed by atoms with Gasteiger partial charge in [0.15, 0.2) is 5.44 Å². The second-order valence-corrected chi connectivity index (χ2v) is 5.18. The first kappa shape index (κ1) is 16.4. The van der Waals surface area contributed by atoms with Crippen LogP contribution in [0.25, 0.3) is 10.8 Å². The van der Waals surface area contributed by atoms with Crippen molar-refractivity contribution in [2.45, 2.75) is 5.44 Å². The summed E-state index contributed by atoms with van der Waals surface area (Å²) in [6.45, 7) is 0. The Bertz CT molecular complexity index is 684. The van der Waals surface area contributed by atoms with Gasteiger partial charge in [0.05, 0.1) is 7.11 Å². The predicted octanol–water partition coefficient (Wildman–Crippen LogP) is -1.61. The number of hydrogen-bond acceptors (Lipinski definition) is 5. The van der Waals surface area contributed by atoms with Gasteiger partial charge in [-0.25, -0.2) is 8.42 Å². The Hall–Kier alpha value is -0.630. The van der Waals surface area contributed by atoms with Crippen molar-refractivity contribution in [1.29, 1.82) is 0 Å². The van der Waals surface area contributed by atoms with Gasteiger partial charge in [0.2, 0.25) is 0 Å². The van der Waals surface area contributed by atoms with Crippen molar-refractivity contribution in [1.82, 2.24) is 0 Å². The van der Waals surface area contributed by atoms with Gasteiger partial charge in [-0.2, -0.15) is 0 Å². The molecule has 0 radical (unpaired) electrons. The van der Waals surface area contributed by atoms with Crippen LogP contribution in [0.15, 0.2) is 36.4 Å². The molecule has 0 saturated heterocycles. The summed E-state index contributed by atoms with van der Waals surface area (Å²) in [6.07, 6.45) is 0. The topological polar surface area (TPSA) is 86.7 Å². The Kier molecular flexibility index (Phi) is 5.37. The van der Waals surface area contributed by atoms with Crippen LogP contribution in [0.4, 0.5) is 0 Å². The zero-order valence-corrected chi connectivity index (χ0v) is 13.3. The molecule has 0 fully saturated rings. The van der Waals surface area contributed by atoms with Gasteiger partial charge in [0, 0.05) is 10.9 Å². The number of benzene rings is 2. The van der Waals surface area contributed by atoms with E-state index in [9.17, 15) is 18.1 Å². The summed E-state index contributed by atoms with van der Waals surface area (Å²) in [5.74, 6) is 0.546. The standard InChI is InChI=1S/C12H12O5S.Na/c1-17-11-7-6-10(12(13)18(14,15)16)8-4-2-3-5-9(8)11;/h2-7,12-13H,1H3,(H,14,15,16);/q;+1/p-1. The van der Waals surface area contributed by atoms with Gasteiger partial charge in [-0.15, -0.1) is 0 Å². The monoisotopic (exact) mass is 290 g/mol. The smallest absolute Gasteiger partial charge is 0.746 e. The molecule has 7 heteroatoms. The molecule has 1 unspecified atom stereocenters. The molecule has 2 aromatic carbocycles. The van der Waals surface area contributed by atoms with E-state index in [1.807, 2.05) is 0 Å². The minimum Gasteiger partial charge on any atom is -0.746 e. The Labute approximate surface area is 133 Å². The Morgan fingerprint density at radius 2 is 1.74 bits per heavy atom. The molecule has 0 bridgehead atoms. The van der Waals surface area contributed by atoms with E-state index < -0.39 is 15.6 Å². The molecule has 0 aromatic heterocycles. The maximum absolute atomic E-state index is 10.9. The molecule has 0 aliphatic rings. The van der Waals surface area contributed by atoms with E-state index in [0.29, 0.717) is 16.5 Å². The Balaban J connectivity index is 0.00000180. The normalized spacial score (nSPS) is 12.8. The van der Waals surface area contributed by atoms with E-state index in [-0.39, 0.29) is 35.1 Å². The first-order valence-corrected chi connectivity index (χ1v) is 6.60. The minimum absolute atomic E-state index is 0. The second-order valence-electron chi connectivity index (χ2n) is 3.75. The predicted molar refractivity (Wildman–Crippen MR) is 65.2 cm³/mol. The molecule has 19 heavy (non-hydrogen) atoms. The summed E-state index contributed by atoms with van der Waals surface area (Å²) in [5.41, 5.74) is -2.02. The molecule has 0 aliphatic carbocycles. The van der Waals surface area contributed by atoms with E-state index in [1.54, 1.807) is 24.3 Å². The molecule has 96 valence electrons. The third-order valence-corrected chi connectivity index (χ3v) is 3.48. The van der Waals surface area contributed by atoms with Crippen molar-refractivity contribution in [2.24, 2.45) is 0 Å². The van der Waals surface area contributed by atoms with Crippen molar-refractivity contribution in [3.63, 3.8) is 0 Å². The van der Waals surface area contributed by atoms with E-state index in [1.165, 1.54) is 19.2 Å². The van der Waals surface area contributed by atoms with Crippen LogP contribution in [0.3, 0.4) is 0 Å². The average molecular weight is 290 g/mol. The molecule has 1 N–H and O–H groups in total. The molecule has 0 aliphatic heterocycles. The molecule has 0 heterocycles. The average Bonchev–Trinajstić information content (AvgIpc) is 2.35. The van der Waals surface area contributed by atoms with Crippen LogP contribution < -0.4 is 34.3 Å². The van der Waals surface area contributed by atoms with Crippen molar-refractivity contribution in [3.8, 4) is 5.75 Å². The van der Waals surface area contributed by atoms with Crippen LogP contribution in [0.5, 0.6) is 5.75 Å². The fourth-order valence-electron chi connectivity index (χ4n) is 1.84. The van der Waals surface area contributed by atoms with Crippen LogP contribution >= 0.6 is 0 Å². The van der Waals surface area contributed by atoms with E-state index in [4.69, 9.17) is 4.74 Å². The van der Waals surface area contributed by atoms with E-state index in [0.717, 1.165) is 0 Å². The van der Waals surface area contributed by atoms with Crippen molar-refractivity contribution >= 4 is 20.9 Å². The van der Waals surface area contributed by atoms with Crippen LogP contribution in [-0.4, -0.2) is 25.2 Å². The third kappa shape index (κ3) is 3.28. The van der Waals surface area contributed by atoms with Crippen molar-refractivity contribution in [3.05, 3.63) is 42.0 Å². The first-order chi connectivity index (χ1) is 8.45. The molecule has 2 aromatic rings. The zero-order chi connectivity index (χ0) is 13.3. The summed E-state index contributed by atoms with van der Waals surface area (Å²) >= 11 is 0. The van der Waals surface area contributed by atoms with Gasteiger partial charge >= 0.3 is 29.6 Å². The summed E-state index contributed by atoms with van der Waals surface area (Å²) in [6, 6.07) is 9.69. The quantitative estimate of drug-likeness (QED) is 0.543. The second kappa shape index (κ2) is 6.21. The molecule has 0 spiro atoms. The first-order valence-electron chi connectivity index (χ1n) is 5.13. The molecule has 5 nitrogen and oxygen atoms in total. The number of methoxy groups -OCH3 is 1. The van der Waals surface area contributed by atoms with Gasteiger partial charge in [0.1, 0.15) is 15.9 Å². The van der Waals surface area contributed by atoms with E-state index in [2.05, 4.69) is 0 Å². The maximum Gasteiger partial charge on any atom is 1.00 e. The van der Waals surface area contributed by atoms with Gasteiger partial charge in [-0.1, -0.05) is 30.3 Å². The summed E-state index contributed by atoms with van der Waals surface area (Å²) in [7, 11) is -3.31. The number of hydrogen-bond donors (Lipinski definition) is 1. The largest absolute Gasteiger partial charge is 1.00 e. The Morgan fingerprint density at radius 1 is 1.16 bits per heavy atom. The molecule has 0 amide bonds. The molecule has 0 saturated carbocycles. The Morgan fingerprint density at radius 3 is 2.26 bits per heavy atom. The third-order valence-electron chi connectivity index (χ3n) is 2.68. The fourth-order valence-corrected chi connectivity index (χ4v) is 2.36. The summed E-state index contributed by atoms with van der Waals surface area (Å²) in [4.78, 5) is 0. The van der Waals surface area contributed by atoms with Crippen LogP contribution in [0.1, 0.15) is 11.0 Å². The number of ether oxygens (including phenoxy) is 1. The summed E-state index contributed by atoms with van der Waals surface area (Å²) in [5, 5.41) is 10.7. The summed E-state index contributed by atoms with van der Waals surface area (Å²) < 4.78 is 37.8. The number of fused-ring (bicyclic) bond motifs is 1. The van der Waals surface area contributed by atoms with E-state index >= 15 is 0 Å². The molecule has 1 atom stereocenters. The molecular formula is C12H11NaO5S. The fraction of sp³-hybridized carbons (Fsp3) is 0.167. The van der Waals surface area contributed by atoms with Crippen molar-refractivity contribution < 1.29 is 52.4 Å². The number of aliphatic hydroxyl groups excluding tert-OH is 1. The maximum atomic E-state index is 10.9. The van der Waals surface area contributed by atoms with Crippen LogP contribution in [0, 0.1) is 0 Å². The van der Waals surface area contributed by atoms with Gasteiger partial charge in [0.25, 0.3) is 0 Å². The minimum atomic E-state index is -4.80.